The number of rotatable bonds is 8. The second kappa shape index (κ2) is 10.5. The van der Waals surface area contributed by atoms with Gasteiger partial charge < -0.3 is 10.2 Å². The Kier molecular flexibility index (Phi) is 7.26. The first-order valence-corrected chi connectivity index (χ1v) is 12.5. The van der Waals surface area contributed by atoms with Gasteiger partial charge in [0.05, 0.1) is 4.90 Å². The molecular weight excluding hydrogens is 436 g/mol. The van der Waals surface area contributed by atoms with Crippen LogP contribution in [0.1, 0.15) is 10.4 Å². The Labute approximate surface area is 195 Å². The zero-order chi connectivity index (χ0) is 23.1. The van der Waals surface area contributed by atoms with Crippen LogP contribution >= 0.6 is 0 Å². The van der Waals surface area contributed by atoms with Gasteiger partial charge in [-0.25, -0.2) is 8.42 Å². The minimum absolute atomic E-state index is 0.110. The normalized spacial score (nSPS) is 14.6. The highest BCUT2D eigenvalue weighted by molar-refractivity contribution is 7.92. The topological polar surface area (TPSA) is 81.8 Å². The molecule has 3 aromatic carbocycles. The van der Waals surface area contributed by atoms with Crippen molar-refractivity contribution in [2.24, 2.45) is 0 Å². The van der Waals surface area contributed by atoms with Crippen LogP contribution in [0.25, 0.3) is 0 Å². The van der Waals surface area contributed by atoms with Gasteiger partial charge in [0.25, 0.3) is 15.9 Å². The summed E-state index contributed by atoms with van der Waals surface area (Å²) in [5.41, 5.74) is 2.17. The number of piperazine rings is 1. The number of para-hydroxylation sites is 2. The van der Waals surface area contributed by atoms with Crippen molar-refractivity contribution in [2.45, 2.75) is 4.90 Å². The van der Waals surface area contributed by atoms with Crippen LogP contribution in [0.15, 0.2) is 89.8 Å². The van der Waals surface area contributed by atoms with Crippen LogP contribution in [-0.4, -0.2) is 58.5 Å². The number of nitrogens with zero attached hydrogens (tertiary/aromatic N) is 2. The van der Waals surface area contributed by atoms with E-state index in [0.29, 0.717) is 17.8 Å². The summed E-state index contributed by atoms with van der Waals surface area (Å²) in [6.45, 7) is 5.15. The number of amides is 1. The van der Waals surface area contributed by atoms with Crippen LogP contribution in [0, 0.1) is 0 Å². The van der Waals surface area contributed by atoms with Gasteiger partial charge in [-0.15, -0.1) is 0 Å². The lowest BCUT2D eigenvalue weighted by molar-refractivity contribution is 0.0947. The highest BCUT2D eigenvalue weighted by Crippen LogP contribution is 2.17. The number of carbonyl (C=O) groups is 1. The molecule has 33 heavy (non-hydrogen) atoms. The number of anilines is 2. The molecule has 1 heterocycles. The highest BCUT2D eigenvalue weighted by atomic mass is 32.2. The first-order chi connectivity index (χ1) is 16.0. The summed E-state index contributed by atoms with van der Waals surface area (Å²) in [6.07, 6.45) is 0. The van der Waals surface area contributed by atoms with Gasteiger partial charge in [-0.2, -0.15) is 0 Å². The maximum atomic E-state index is 12.5. The molecule has 1 saturated heterocycles. The molecule has 0 bridgehead atoms. The van der Waals surface area contributed by atoms with Crippen molar-refractivity contribution in [3.63, 3.8) is 0 Å². The second-order valence-electron chi connectivity index (χ2n) is 7.92. The Balaban J connectivity index is 1.23. The maximum absolute atomic E-state index is 12.5. The molecule has 2 N–H and O–H groups in total. The fourth-order valence-corrected chi connectivity index (χ4v) is 4.86. The summed E-state index contributed by atoms with van der Waals surface area (Å²) in [7, 11) is -3.70. The molecule has 0 radical (unpaired) electrons. The van der Waals surface area contributed by atoms with Gasteiger partial charge in [0.2, 0.25) is 0 Å². The van der Waals surface area contributed by atoms with E-state index in [1.54, 1.807) is 24.3 Å². The van der Waals surface area contributed by atoms with E-state index < -0.39 is 10.0 Å². The van der Waals surface area contributed by atoms with Crippen LogP contribution in [-0.2, 0) is 10.0 Å². The van der Waals surface area contributed by atoms with Crippen molar-refractivity contribution in [1.82, 2.24) is 10.2 Å². The molecule has 8 heteroatoms. The maximum Gasteiger partial charge on any atom is 0.261 e. The monoisotopic (exact) mass is 464 g/mol. The van der Waals surface area contributed by atoms with Crippen molar-refractivity contribution < 1.29 is 13.2 Å². The molecule has 3 aromatic rings. The molecule has 4 rings (SSSR count). The largest absolute Gasteiger partial charge is 0.369 e. The van der Waals surface area contributed by atoms with Crippen molar-refractivity contribution in [3.05, 3.63) is 90.5 Å². The molecular formula is C25H28N4O3S. The number of hydrogen-bond acceptors (Lipinski definition) is 5. The molecule has 0 unspecified atom stereocenters. The van der Waals surface area contributed by atoms with Gasteiger partial charge in [-0.1, -0.05) is 36.4 Å². The second-order valence-corrected chi connectivity index (χ2v) is 9.60. The van der Waals surface area contributed by atoms with Gasteiger partial charge in [0.15, 0.2) is 0 Å². The lowest BCUT2D eigenvalue weighted by atomic mass is 10.2. The van der Waals surface area contributed by atoms with Crippen molar-refractivity contribution in [3.8, 4) is 0 Å². The fraction of sp³-hybridized carbons (Fsp3) is 0.240. The van der Waals surface area contributed by atoms with Gasteiger partial charge in [0.1, 0.15) is 0 Å². The molecule has 0 saturated carbocycles. The predicted molar refractivity (Wildman–Crippen MR) is 131 cm³/mol. The molecule has 0 atom stereocenters. The molecule has 1 fully saturated rings. The van der Waals surface area contributed by atoms with Gasteiger partial charge >= 0.3 is 0 Å². The average molecular weight is 465 g/mol. The summed E-state index contributed by atoms with van der Waals surface area (Å²) in [5.74, 6) is -0.210. The lowest BCUT2D eigenvalue weighted by Crippen LogP contribution is -2.48. The van der Waals surface area contributed by atoms with Crippen molar-refractivity contribution >= 4 is 27.3 Å². The number of hydrogen-bond donors (Lipinski definition) is 2. The first-order valence-electron chi connectivity index (χ1n) is 11.0. The standard InChI is InChI=1S/C25H28N4O3S/c30-25(26-15-16-28-17-19-29(20-18-28)23-9-5-2-6-10-23)21-11-13-24(14-12-21)33(31,32)27-22-7-3-1-4-8-22/h1-14,27H,15-20H2,(H,26,30). The average Bonchev–Trinajstić information content (AvgIpc) is 2.85. The number of benzene rings is 3. The molecule has 0 aliphatic carbocycles. The van der Waals surface area contributed by atoms with Crippen molar-refractivity contribution in [1.29, 1.82) is 0 Å². The third kappa shape index (κ3) is 6.12. The Morgan fingerprint density at radius 1 is 0.788 bits per heavy atom. The summed E-state index contributed by atoms with van der Waals surface area (Å²) in [6, 6.07) is 25.1. The van der Waals surface area contributed by atoms with E-state index in [2.05, 4.69) is 44.1 Å². The Morgan fingerprint density at radius 2 is 1.39 bits per heavy atom. The minimum Gasteiger partial charge on any atom is -0.369 e. The molecule has 7 nitrogen and oxygen atoms in total. The highest BCUT2D eigenvalue weighted by Gasteiger charge is 2.18. The smallest absolute Gasteiger partial charge is 0.261 e. The van der Waals surface area contributed by atoms with E-state index in [1.165, 1.54) is 30.0 Å². The minimum atomic E-state index is -3.70. The molecule has 1 aliphatic rings. The van der Waals surface area contributed by atoms with E-state index in [0.717, 1.165) is 32.7 Å². The first kappa shape index (κ1) is 22.8. The molecule has 0 aromatic heterocycles. The third-order valence-corrected chi connectivity index (χ3v) is 7.06. The SMILES string of the molecule is O=C(NCCN1CCN(c2ccccc2)CC1)c1ccc(S(=O)(=O)Nc2ccccc2)cc1. The van der Waals surface area contributed by atoms with E-state index in [9.17, 15) is 13.2 Å². The fourth-order valence-electron chi connectivity index (χ4n) is 3.80. The Morgan fingerprint density at radius 3 is 2.03 bits per heavy atom. The van der Waals surface area contributed by atoms with E-state index in [4.69, 9.17) is 0 Å². The van der Waals surface area contributed by atoms with Crippen molar-refractivity contribution in [2.75, 3.05) is 48.9 Å². The van der Waals surface area contributed by atoms with Crippen LogP contribution in [0.4, 0.5) is 11.4 Å². The zero-order valence-corrected chi connectivity index (χ0v) is 19.2. The third-order valence-electron chi connectivity index (χ3n) is 5.66. The molecule has 1 amide bonds. The van der Waals surface area contributed by atoms with Crippen LogP contribution in [0.3, 0.4) is 0 Å². The molecule has 0 spiro atoms. The lowest BCUT2D eigenvalue weighted by Gasteiger charge is -2.36. The summed E-state index contributed by atoms with van der Waals surface area (Å²) < 4.78 is 27.6. The number of nitrogens with one attached hydrogen (secondary N) is 2. The number of sulfonamides is 1. The molecule has 172 valence electrons. The number of carbonyl (C=O) groups excluding carboxylic acids is 1. The summed E-state index contributed by atoms with van der Waals surface area (Å²) in [5, 5.41) is 2.93. The zero-order valence-electron chi connectivity index (χ0n) is 18.4. The van der Waals surface area contributed by atoms with E-state index >= 15 is 0 Å². The summed E-state index contributed by atoms with van der Waals surface area (Å²) >= 11 is 0. The van der Waals surface area contributed by atoms with Crippen LogP contribution in [0.5, 0.6) is 0 Å². The Bertz CT molecular complexity index is 1150. The van der Waals surface area contributed by atoms with Crippen LogP contribution < -0.4 is 14.9 Å². The van der Waals surface area contributed by atoms with Crippen LogP contribution in [0.2, 0.25) is 0 Å². The van der Waals surface area contributed by atoms with Gasteiger partial charge in [-0.3, -0.25) is 14.4 Å². The van der Waals surface area contributed by atoms with E-state index in [1.807, 2.05) is 12.1 Å². The quantitative estimate of drug-likeness (QED) is 0.536. The van der Waals surface area contributed by atoms with E-state index in [-0.39, 0.29) is 10.8 Å². The van der Waals surface area contributed by atoms with Gasteiger partial charge in [-0.05, 0) is 48.5 Å². The molecule has 1 aliphatic heterocycles. The van der Waals surface area contributed by atoms with Gasteiger partial charge in [0, 0.05) is 56.2 Å². The Hall–Kier alpha value is -3.36. The predicted octanol–water partition coefficient (Wildman–Crippen LogP) is 3.04. The summed E-state index contributed by atoms with van der Waals surface area (Å²) in [4.78, 5) is 17.3.